The van der Waals surface area contributed by atoms with Crippen molar-refractivity contribution in [3.63, 3.8) is 0 Å². The zero-order valence-corrected chi connectivity index (χ0v) is 8.66. The number of rotatable bonds is 2. The fourth-order valence-electron chi connectivity index (χ4n) is 1.60. The van der Waals surface area contributed by atoms with Crippen LogP contribution in [0, 0.1) is 0 Å². The summed E-state index contributed by atoms with van der Waals surface area (Å²) < 4.78 is 16.3. The Morgan fingerprint density at radius 3 is 2.87 bits per heavy atom. The van der Waals surface area contributed by atoms with Crippen molar-refractivity contribution in [3.8, 4) is 17.2 Å². The molecule has 0 saturated heterocycles. The summed E-state index contributed by atoms with van der Waals surface area (Å²) >= 11 is 0. The van der Waals surface area contributed by atoms with Crippen LogP contribution in [0.5, 0.6) is 17.2 Å². The Bertz CT molecular complexity index is 349. The molecule has 0 aliphatic carbocycles. The highest BCUT2D eigenvalue weighted by molar-refractivity contribution is 5.55. The summed E-state index contributed by atoms with van der Waals surface area (Å²) in [5.74, 6) is 1.85. The van der Waals surface area contributed by atoms with Crippen molar-refractivity contribution >= 4 is 0 Å². The van der Waals surface area contributed by atoms with Gasteiger partial charge in [0.1, 0.15) is 0 Å². The molecule has 0 amide bonds. The second kappa shape index (κ2) is 4.40. The Morgan fingerprint density at radius 1 is 1.33 bits per heavy atom. The second-order valence-electron chi connectivity index (χ2n) is 3.29. The molecule has 0 saturated carbocycles. The Hall–Kier alpha value is -1.42. The molecule has 0 bridgehead atoms. The predicted molar refractivity (Wildman–Crippen MR) is 54.5 cm³/mol. The van der Waals surface area contributed by atoms with Gasteiger partial charge >= 0.3 is 0 Å². The molecule has 0 spiro atoms. The molecule has 0 aromatic heterocycles. The number of ether oxygens (including phenoxy) is 3. The lowest BCUT2D eigenvalue weighted by molar-refractivity contribution is 0.264. The summed E-state index contributed by atoms with van der Waals surface area (Å²) in [5.41, 5.74) is 0.710. The molecule has 1 heterocycles. The molecule has 0 radical (unpaired) electrons. The first kappa shape index (κ1) is 10.1. The highest BCUT2D eigenvalue weighted by Crippen LogP contribution is 2.41. The number of methoxy groups -OCH3 is 1. The van der Waals surface area contributed by atoms with Crippen LogP contribution in [-0.2, 0) is 6.61 Å². The van der Waals surface area contributed by atoms with Gasteiger partial charge in [-0.2, -0.15) is 0 Å². The molecular formula is C11H14O4. The molecule has 1 N–H and O–H groups in total. The van der Waals surface area contributed by atoms with E-state index in [2.05, 4.69) is 0 Å². The van der Waals surface area contributed by atoms with Crippen molar-refractivity contribution < 1.29 is 19.3 Å². The summed E-state index contributed by atoms with van der Waals surface area (Å²) in [6.45, 7) is 1.19. The van der Waals surface area contributed by atoms with Gasteiger partial charge in [-0.1, -0.05) is 0 Å². The molecule has 0 fully saturated rings. The van der Waals surface area contributed by atoms with E-state index in [4.69, 9.17) is 19.3 Å². The zero-order valence-electron chi connectivity index (χ0n) is 8.66. The van der Waals surface area contributed by atoms with Gasteiger partial charge in [-0.15, -0.1) is 0 Å². The number of aliphatic hydroxyl groups is 1. The summed E-state index contributed by atoms with van der Waals surface area (Å²) in [4.78, 5) is 0. The van der Waals surface area contributed by atoms with Gasteiger partial charge in [0.05, 0.1) is 26.9 Å². The molecular weight excluding hydrogens is 196 g/mol. The van der Waals surface area contributed by atoms with E-state index < -0.39 is 0 Å². The maximum atomic E-state index is 9.15. The van der Waals surface area contributed by atoms with Crippen LogP contribution in [0.3, 0.4) is 0 Å². The van der Waals surface area contributed by atoms with E-state index in [1.54, 1.807) is 19.2 Å². The van der Waals surface area contributed by atoms with Crippen molar-refractivity contribution in [2.75, 3.05) is 20.3 Å². The average Bonchev–Trinajstić information content (AvgIpc) is 2.52. The first-order valence-electron chi connectivity index (χ1n) is 4.93. The SMILES string of the molecule is COc1c(CO)ccc2c1OCCCO2. The molecule has 15 heavy (non-hydrogen) atoms. The first-order chi connectivity index (χ1) is 7.36. The van der Waals surface area contributed by atoms with Crippen molar-refractivity contribution in [2.45, 2.75) is 13.0 Å². The minimum absolute atomic E-state index is 0.0696. The Morgan fingerprint density at radius 2 is 2.13 bits per heavy atom. The Labute approximate surface area is 88.4 Å². The van der Waals surface area contributed by atoms with Gasteiger partial charge in [0, 0.05) is 12.0 Å². The molecule has 2 rings (SSSR count). The number of fused-ring (bicyclic) bond motifs is 1. The van der Waals surface area contributed by atoms with Gasteiger partial charge in [0.2, 0.25) is 5.75 Å². The van der Waals surface area contributed by atoms with E-state index >= 15 is 0 Å². The molecule has 1 aliphatic rings. The third kappa shape index (κ3) is 1.85. The van der Waals surface area contributed by atoms with Crippen molar-refractivity contribution in [2.24, 2.45) is 0 Å². The minimum Gasteiger partial charge on any atom is -0.492 e. The third-order valence-corrected chi connectivity index (χ3v) is 2.32. The van der Waals surface area contributed by atoms with Crippen LogP contribution in [0.2, 0.25) is 0 Å². The molecule has 1 aromatic carbocycles. The Kier molecular flexibility index (Phi) is 2.97. The highest BCUT2D eigenvalue weighted by atomic mass is 16.5. The maximum Gasteiger partial charge on any atom is 0.203 e. The molecule has 0 atom stereocenters. The number of benzene rings is 1. The lowest BCUT2D eigenvalue weighted by Crippen LogP contribution is -1.99. The van der Waals surface area contributed by atoms with Crippen LogP contribution in [0.25, 0.3) is 0 Å². The fourth-order valence-corrected chi connectivity index (χ4v) is 1.60. The van der Waals surface area contributed by atoms with Crippen LogP contribution in [0.1, 0.15) is 12.0 Å². The monoisotopic (exact) mass is 210 g/mol. The summed E-state index contributed by atoms with van der Waals surface area (Å²) in [7, 11) is 1.56. The van der Waals surface area contributed by atoms with Gasteiger partial charge < -0.3 is 19.3 Å². The van der Waals surface area contributed by atoms with E-state index in [-0.39, 0.29) is 6.61 Å². The van der Waals surface area contributed by atoms with Crippen LogP contribution < -0.4 is 14.2 Å². The van der Waals surface area contributed by atoms with Crippen LogP contribution in [0.15, 0.2) is 12.1 Å². The second-order valence-corrected chi connectivity index (χ2v) is 3.29. The molecule has 1 aromatic rings. The maximum absolute atomic E-state index is 9.15. The van der Waals surface area contributed by atoms with E-state index in [1.165, 1.54) is 0 Å². The summed E-state index contributed by atoms with van der Waals surface area (Å²) in [5, 5.41) is 9.15. The van der Waals surface area contributed by atoms with Gasteiger partial charge in [-0.25, -0.2) is 0 Å². The Balaban J connectivity index is 2.47. The van der Waals surface area contributed by atoms with Crippen LogP contribution in [-0.4, -0.2) is 25.4 Å². The van der Waals surface area contributed by atoms with Crippen LogP contribution >= 0.6 is 0 Å². The number of aliphatic hydroxyl groups excluding tert-OH is 1. The van der Waals surface area contributed by atoms with E-state index in [0.29, 0.717) is 36.0 Å². The predicted octanol–water partition coefficient (Wildman–Crippen LogP) is 1.35. The van der Waals surface area contributed by atoms with E-state index in [0.717, 1.165) is 6.42 Å². The van der Waals surface area contributed by atoms with Gasteiger partial charge in [0.15, 0.2) is 11.5 Å². The molecule has 4 heteroatoms. The van der Waals surface area contributed by atoms with Gasteiger partial charge in [-0.05, 0) is 12.1 Å². The molecule has 4 nitrogen and oxygen atoms in total. The van der Waals surface area contributed by atoms with Crippen molar-refractivity contribution in [3.05, 3.63) is 17.7 Å². The van der Waals surface area contributed by atoms with E-state index in [1.807, 2.05) is 0 Å². The van der Waals surface area contributed by atoms with Crippen molar-refractivity contribution in [1.29, 1.82) is 0 Å². The normalized spacial score (nSPS) is 14.5. The zero-order chi connectivity index (χ0) is 10.7. The fraction of sp³-hybridized carbons (Fsp3) is 0.455. The molecule has 82 valence electrons. The minimum atomic E-state index is -0.0696. The van der Waals surface area contributed by atoms with E-state index in [9.17, 15) is 0 Å². The average molecular weight is 210 g/mol. The largest absolute Gasteiger partial charge is 0.492 e. The smallest absolute Gasteiger partial charge is 0.203 e. The number of hydrogen-bond donors (Lipinski definition) is 1. The van der Waals surface area contributed by atoms with Crippen LogP contribution in [0.4, 0.5) is 0 Å². The van der Waals surface area contributed by atoms with Gasteiger partial charge in [-0.3, -0.25) is 0 Å². The summed E-state index contributed by atoms with van der Waals surface area (Å²) in [6, 6.07) is 3.58. The lowest BCUT2D eigenvalue weighted by Gasteiger charge is -2.14. The first-order valence-corrected chi connectivity index (χ1v) is 4.93. The highest BCUT2D eigenvalue weighted by Gasteiger charge is 2.18. The quantitative estimate of drug-likeness (QED) is 0.800. The lowest BCUT2D eigenvalue weighted by atomic mass is 10.2. The van der Waals surface area contributed by atoms with Crippen molar-refractivity contribution in [1.82, 2.24) is 0 Å². The van der Waals surface area contributed by atoms with Gasteiger partial charge in [0.25, 0.3) is 0 Å². The molecule has 1 aliphatic heterocycles. The standard InChI is InChI=1S/C11H14O4/c1-13-10-8(7-12)3-4-9-11(10)15-6-2-5-14-9/h3-4,12H,2,5-7H2,1H3. The molecule has 0 unspecified atom stereocenters. The summed E-state index contributed by atoms with van der Waals surface area (Å²) in [6.07, 6.45) is 0.853. The number of hydrogen-bond acceptors (Lipinski definition) is 4. The third-order valence-electron chi connectivity index (χ3n) is 2.32. The topological polar surface area (TPSA) is 47.9 Å².